The highest BCUT2D eigenvalue weighted by atomic mass is 16.5. The van der Waals surface area contributed by atoms with E-state index in [1.54, 1.807) is 30.5 Å². The van der Waals surface area contributed by atoms with E-state index in [9.17, 15) is 4.79 Å². The number of aromatic nitrogens is 3. The number of anilines is 2. The average Bonchev–Trinajstić information content (AvgIpc) is 2.63. The minimum Gasteiger partial charge on any atom is -0.481 e. The Morgan fingerprint density at radius 1 is 1.21 bits per heavy atom. The number of hydrogen-bond donors (Lipinski definition) is 2. The first-order chi connectivity index (χ1) is 11.7. The third-order valence-electron chi connectivity index (χ3n) is 3.29. The molecule has 7 heteroatoms. The molecule has 124 valence electrons. The molecule has 1 amide bonds. The van der Waals surface area contributed by atoms with Crippen LogP contribution >= 0.6 is 0 Å². The van der Waals surface area contributed by atoms with Gasteiger partial charge in [0.1, 0.15) is 0 Å². The van der Waals surface area contributed by atoms with E-state index in [2.05, 4.69) is 20.3 Å². The summed E-state index contributed by atoms with van der Waals surface area (Å²) in [5, 5.41) is 2.74. The first kappa shape index (κ1) is 15.4. The van der Waals surface area contributed by atoms with Crippen LogP contribution in [0.5, 0.6) is 5.88 Å². The van der Waals surface area contributed by atoms with Gasteiger partial charge in [0.25, 0.3) is 5.91 Å². The van der Waals surface area contributed by atoms with E-state index in [4.69, 9.17) is 10.5 Å². The van der Waals surface area contributed by atoms with Gasteiger partial charge in [0.2, 0.25) is 5.88 Å². The summed E-state index contributed by atoms with van der Waals surface area (Å²) in [6, 6.07) is 12.5. The van der Waals surface area contributed by atoms with Crippen molar-refractivity contribution in [2.24, 2.45) is 0 Å². The predicted molar refractivity (Wildman–Crippen MR) is 94.9 cm³/mol. The van der Waals surface area contributed by atoms with Gasteiger partial charge in [-0.25, -0.2) is 15.0 Å². The van der Waals surface area contributed by atoms with Crippen LogP contribution in [0.1, 0.15) is 13.3 Å². The van der Waals surface area contributed by atoms with Crippen molar-refractivity contribution in [1.29, 1.82) is 0 Å². The van der Waals surface area contributed by atoms with E-state index in [1.807, 2.05) is 18.2 Å². The maximum atomic E-state index is 12.4. The zero-order valence-corrected chi connectivity index (χ0v) is 12.9. The molecular weight excluding hydrogens is 306 g/mol. The van der Waals surface area contributed by atoms with Crippen LogP contribution in [-0.2, 0) is 0 Å². The second-order valence-electron chi connectivity index (χ2n) is 4.90. The van der Waals surface area contributed by atoms with Crippen molar-refractivity contribution in [3.63, 3.8) is 0 Å². The third-order valence-corrected chi connectivity index (χ3v) is 3.29. The molecule has 0 bridgehead atoms. The maximum absolute atomic E-state index is 12.4. The lowest BCUT2D eigenvalue weighted by Crippen LogP contribution is -2.17. The molecule has 0 spiro atoms. The fraction of sp³-hybridized carbons (Fsp3) is 0.0588. The number of nitrogens with zero attached hydrogens (tertiary/aromatic N) is 3. The van der Waals surface area contributed by atoms with Gasteiger partial charge >= 0.3 is 0 Å². The molecule has 0 saturated carbocycles. The topological polar surface area (TPSA) is 103 Å². The minimum absolute atomic E-state index is 0. The van der Waals surface area contributed by atoms with Crippen LogP contribution in [-0.4, -0.2) is 28.0 Å². The second-order valence-corrected chi connectivity index (χ2v) is 4.90. The SMILES string of the molecule is COc1cc(-c2cnc(N)c(C(=O)Nc3ccccc3)n2)ccn1.[HH].[HH]. The number of nitrogens with one attached hydrogen (secondary N) is 1. The Balaban J connectivity index is 0.00000169. The molecule has 3 N–H and O–H groups in total. The Bertz CT molecular complexity index is 878. The van der Waals surface area contributed by atoms with Crippen LogP contribution in [0.15, 0.2) is 54.9 Å². The number of carbonyl (C=O) groups is 1. The number of benzene rings is 1. The number of hydrogen-bond acceptors (Lipinski definition) is 6. The molecule has 0 aliphatic rings. The second kappa shape index (κ2) is 6.74. The van der Waals surface area contributed by atoms with Gasteiger partial charge in [0.15, 0.2) is 11.5 Å². The van der Waals surface area contributed by atoms with Gasteiger partial charge in [-0.15, -0.1) is 0 Å². The van der Waals surface area contributed by atoms with Gasteiger partial charge in [-0.1, -0.05) is 18.2 Å². The molecule has 0 aliphatic carbocycles. The average molecular weight is 325 g/mol. The molecule has 0 fully saturated rings. The zero-order chi connectivity index (χ0) is 16.9. The van der Waals surface area contributed by atoms with Crippen LogP contribution in [0.4, 0.5) is 11.5 Å². The highest BCUT2D eigenvalue weighted by Gasteiger charge is 2.15. The van der Waals surface area contributed by atoms with E-state index in [1.165, 1.54) is 13.3 Å². The van der Waals surface area contributed by atoms with Crippen molar-refractivity contribution >= 4 is 17.4 Å². The van der Waals surface area contributed by atoms with E-state index in [0.717, 1.165) is 5.56 Å². The van der Waals surface area contributed by atoms with Gasteiger partial charge in [0.05, 0.1) is 19.0 Å². The highest BCUT2D eigenvalue weighted by molar-refractivity contribution is 6.05. The lowest BCUT2D eigenvalue weighted by atomic mass is 10.2. The van der Waals surface area contributed by atoms with Crippen molar-refractivity contribution in [2.75, 3.05) is 18.2 Å². The quantitative estimate of drug-likeness (QED) is 0.764. The molecule has 3 rings (SSSR count). The van der Waals surface area contributed by atoms with Crippen molar-refractivity contribution in [3.05, 3.63) is 60.6 Å². The molecule has 0 atom stereocenters. The van der Waals surface area contributed by atoms with E-state index >= 15 is 0 Å². The summed E-state index contributed by atoms with van der Waals surface area (Å²) in [4.78, 5) is 24.8. The van der Waals surface area contributed by atoms with Gasteiger partial charge in [0, 0.05) is 26.4 Å². The molecule has 2 heterocycles. The van der Waals surface area contributed by atoms with Gasteiger partial charge in [-0.3, -0.25) is 4.79 Å². The smallest absolute Gasteiger partial charge is 0.278 e. The van der Waals surface area contributed by atoms with Crippen molar-refractivity contribution in [3.8, 4) is 17.1 Å². The number of nitrogen functional groups attached to an aromatic ring is 1. The largest absolute Gasteiger partial charge is 0.481 e. The summed E-state index contributed by atoms with van der Waals surface area (Å²) in [6.07, 6.45) is 3.10. The molecule has 0 unspecified atom stereocenters. The Morgan fingerprint density at radius 2 is 2.00 bits per heavy atom. The lowest BCUT2D eigenvalue weighted by Gasteiger charge is -2.08. The van der Waals surface area contributed by atoms with Gasteiger partial charge in [-0.2, -0.15) is 0 Å². The number of rotatable bonds is 4. The Morgan fingerprint density at radius 3 is 2.75 bits per heavy atom. The summed E-state index contributed by atoms with van der Waals surface area (Å²) in [5.41, 5.74) is 7.75. The summed E-state index contributed by atoms with van der Waals surface area (Å²) in [7, 11) is 1.53. The van der Waals surface area contributed by atoms with Crippen LogP contribution in [0, 0.1) is 0 Å². The van der Waals surface area contributed by atoms with E-state index in [0.29, 0.717) is 17.3 Å². The molecule has 0 radical (unpaired) electrons. The lowest BCUT2D eigenvalue weighted by molar-refractivity contribution is 0.102. The number of methoxy groups -OCH3 is 1. The predicted octanol–water partition coefficient (Wildman–Crippen LogP) is 2.87. The minimum atomic E-state index is -0.422. The zero-order valence-electron chi connectivity index (χ0n) is 12.9. The van der Waals surface area contributed by atoms with Gasteiger partial charge in [-0.05, 0) is 18.2 Å². The summed E-state index contributed by atoms with van der Waals surface area (Å²) in [6.45, 7) is 0. The van der Waals surface area contributed by atoms with Crippen LogP contribution in [0.3, 0.4) is 0 Å². The Labute approximate surface area is 141 Å². The first-order valence-electron chi connectivity index (χ1n) is 7.16. The van der Waals surface area contributed by atoms with Crippen molar-refractivity contribution in [1.82, 2.24) is 15.0 Å². The first-order valence-corrected chi connectivity index (χ1v) is 7.16. The Kier molecular flexibility index (Phi) is 4.33. The Hall–Kier alpha value is -3.48. The van der Waals surface area contributed by atoms with Crippen LogP contribution < -0.4 is 15.8 Å². The fourth-order valence-corrected chi connectivity index (χ4v) is 2.10. The molecular formula is C17H19N5O2. The normalized spacial score (nSPS) is 10.2. The van der Waals surface area contributed by atoms with Gasteiger partial charge < -0.3 is 15.8 Å². The molecule has 7 nitrogen and oxygen atoms in total. The van der Waals surface area contributed by atoms with Crippen LogP contribution in [0.25, 0.3) is 11.3 Å². The number of carbonyl (C=O) groups excluding carboxylic acids is 1. The van der Waals surface area contributed by atoms with Crippen molar-refractivity contribution in [2.45, 2.75) is 0 Å². The molecule has 3 aromatic rings. The van der Waals surface area contributed by atoms with Crippen molar-refractivity contribution < 1.29 is 12.4 Å². The number of amides is 1. The number of ether oxygens (including phenoxy) is 1. The molecule has 1 aromatic carbocycles. The monoisotopic (exact) mass is 325 g/mol. The summed E-state index contributed by atoms with van der Waals surface area (Å²) in [5.74, 6) is 0.0867. The number of pyridine rings is 1. The highest BCUT2D eigenvalue weighted by Crippen LogP contribution is 2.21. The third kappa shape index (κ3) is 3.30. The molecule has 0 aliphatic heterocycles. The summed E-state index contributed by atoms with van der Waals surface area (Å²) < 4.78 is 5.09. The maximum Gasteiger partial charge on any atom is 0.278 e. The van der Waals surface area contributed by atoms with Crippen LogP contribution in [0.2, 0.25) is 0 Å². The fourth-order valence-electron chi connectivity index (χ4n) is 2.10. The van der Waals surface area contributed by atoms with E-state index < -0.39 is 5.91 Å². The molecule has 2 aromatic heterocycles. The van der Waals surface area contributed by atoms with E-state index in [-0.39, 0.29) is 14.4 Å². The molecule has 24 heavy (non-hydrogen) atoms. The number of para-hydroxylation sites is 1. The molecule has 0 saturated heterocycles. The standard InChI is InChI=1S/C17H15N5O2.2H2/c1-24-14-9-11(7-8-19-14)13-10-20-16(18)15(22-13)17(23)21-12-5-3-2-4-6-12;;/h2-10H,1H3,(H2,18,20)(H,21,23);2*1H. The number of nitrogens with two attached hydrogens (primary N) is 1. The summed E-state index contributed by atoms with van der Waals surface area (Å²) >= 11 is 0.